The van der Waals surface area contributed by atoms with E-state index in [4.69, 9.17) is 0 Å². The van der Waals surface area contributed by atoms with Crippen molar-refractivity contribution in [2.45, 2.75) is 0 Å². The Balaban J connectivity index is 1.71. The van der Waals surface area contributed by atoms with Crippen molar-refractivity contribution in [1.82, 2.24) is 24.8 Å². The third-order valence-corrected chi connectivity index (χ3v) is 3.50. The first-order valence-corrected chi connectivity index (χ1v) is 7.00. The molecule has 1 fully saturated rings. The van der Waals surface area contributed by atoms with Gasteiger partial charge in [0.25, 0.3) is 5.91 Å². The number of carboxylic acids is 1. The highest BCUT2D eigenvalue weighted by Crippen LogP contribution is 2.12. The van der Waals surface area contributed by atoms with E-state index in [0.29, 0.717) is 32.1 Å². The van der Waals surface area contributed by atoms with Crippen molar-refractivity contribution in [2.24, 2.45) is 0 Å². The fourth-order valence-corrected chi connectivity index (χ4v) is 2.36. The van der Waals surface area contributed by atoms with Crippen LogP contribution < -0.4 is 10.0 Å². The Morgan fingerprint density at radius 2 is 1.48 bits per heavy atom. The molecule has 9 heteroatoms. The van der Waals surface area contributed by atoms with E-state index in [0.717, 1.165) is 0 Å². The Kier molecular flexibility index (Phi) is 4.09. The minimum Gasteiger partial charge on any atom is -0.543 e. The van der Waals surface area contributed by atoms with Crippen molar-refractivity contribution in [3.8, 4) is 0 Å². The maximum absolute atomic E-state index is 12.5. The van der Waals surface area contributed by atoms with E-state index in [-0.39, 0.29) is 5.69 Å². The molecule has 9 nitrogen and oxygen atoms in total. The van der Waals surface area contributed by atoms with Crippen LogP contribution in [0.3, 0.4) is 0 Å². The summed E-state index contributed by atoms with van der Waals surface area (Å²) in [5.41, 5.74) is -0.636. The van der Waals surface area contributed by atoms with Crippen LogP contribution in [0.25, 0.3) is 0 Å². The molecule has 0 radical (unpaired) electrons. The highest BCUT2D eigenvalue weighted by molar-refractivity contribution is 6.01. The molecule has 0 bridgehead atoms. The fourth-order valence-electron chi connectivity index (χ4n) is 2.36. The molecule has 1 aliphatic rings. The SMILES string of the molecule is O=C([O-])c1nccnc1C(=O)N1CCN(c2ncccn2)CC1. The Morgan fingerprint density at radius 1 is 0.870 bits per heavy atom. The lowest BCUT2D eigenvalue weighted by atomic mass is 10.2. The van der Waals surface area contributed by atoms with Crippen LogP contribution in [-0.4, -0.2) is 62.9 Å². The van der Waals surface area contributed by atoms with E-state index in [1.807, 2.05) is 4.90 Å². The molecule has 23 heavy (non-hydrogen) atoms. The van der Waals surface area contributed by atoms with Crippen LogP contribution in [0.1, 0.15) is 21.0 Å². The number of hydrogen-bond donors (Lipinski definition) is 0. The lowest BCUT2D eigenvalue weighted by Crippen LogP contribution is -2.49. The van der Waals surface area contributed by atoms with Gasteiger partial charge in [-0.25, -0.2) is 15.0 Å². The zero-order valence-electron chi connectivity index (χ0n) is 12.1. The first-order valence-electron chi connectivity index (χ1n) is 7.00. The summed E-state index contributed by atoms with van der Waals surface area (Å²) >= 11 is 0. The highest BCUT2D eigenvalue weighted by atomic mass is 16.4. The van der Waals surface area contributed by atoms with Crippen molar-refractivity contribution in [3.05, 3.63) is 42.2 Å². The first kappa shape index (κ1) is 14.8. The van der Waals surface area contributed by atoms with Crippen LogP contribution in [0.4, 0.5) is 5.95 Å². The quantitative estimate of drug-likeness (QED) is 0.679. The molecule has 2 aromatic heterocycles. The van der Waals surface area contributed by atoms with Crippen molar-refractivity contribution < 1.29 is 14.7 Å². The number of carbonyl (C=O) groups is 2. The summed E-state index contributed by atoms with van der Waals surface area (Å²) in [7, 11) is 0. The third kappa shape index (κ3) is 3.07. The lowest BCUT2D eigenvalue weighted by Gasteiger charge is -2.34. The Bertz CT molecular complexity index is 715. The molecule has 0 aliphatic carbocycles. The van der Waals surface area contributed by atoms with Gasteiger partial charge in [-0.1, -0.05) is 0 Å². The van der Waals surface area contributed by atoms with Gasteiger partial charge in [0.05, 0.1) is 5.97 Å². The Hall–Kier alpha value is -3.10. The van der Waals surface area contributed by atoms with Gasteiger partial charge in [0.15, 0.2) is 5.69 Å². The molecule has 0 N–H and O–H groups in total. The summed E-state index contributed by atoms with van der Waals surface area (Å²) in [6, 6.07) is 1.73. The van der Waals surface area contributed by atoms with E-state index in [1.54, 1.807) is 18.5 Å². The summed E-state index contributed by atoms with van der Waals surface area (Å²) < 4.78 is 0. The maximum atomic E-state index is 12.5. The van der Waals surface area contributed by atoms with Crippen molar-refractivity contribution >= 4 is 17.8 Å². The van der Waals surface area contributed by atoms with E-state index in [9.17, 15) is 14.7 Å². The van der Waals surface area contributed by atoms with E-state index in [2.05, 4.69) is 19.9 Å². The largest absolute Gasteiger partial charge is 0.543 e. The van der Waals surface area contributed by atoms with Crippen LogP contribution in [0, 0.1) is 0 Å². The van der Waals surface area contributed by atoms with Gasteiger partial charge in [-0.3, -0.25) is 9.78 Å². The minimum atomic E-state index is -1.52. The van der Waals surface area contributed by atoms with E-state index < -0.39 is 17.6 Å². The average Bonchev–Trinajstić information content (AvgIpc) is 2.62. The first-order chi connectivity index (χ1) is 11.2. The molecule has 1 amide bonds. The number of nitrogens with zero attached hydrogens (tertiary/aromatic N) is 6. The van der Waals surface area contributed by atoms with Crippen molar-refractivity contribution in [1.29, 1.82) is 0 Å². The fraction of sp³-hybridized carbons (Fsp3) is 0.286. The number of anilines is 1. The molecule has 1 aliphatic heterocycles. The molecular weight excluding hydrogens is 300 g/mol. The minimum absolute atomic E-state index is 0.197. The van der Waals surface area contributed by atoms with E-state index in [1.165, 1.54) is 17.3 Å². The number of carboxylic acid groups (broad SMARTS) is 1. The highest BCUT2D eigenvalue weighted by Gasteiger charge is 2.26. The molecule has 1 saturated heterocycles. The van der Waals surface area contributed by atoms with Crippen LogP contribution in [0.5, 0.6) is 0 Å². The van der Waals surface area contributed by atoms with Crippen LogP contribution >= 0.6 is 0 Å². The molecule has 0 atom stereocenters. The number of piperazine rings is 1. The molecule has 0 saturated carbocycles. The summed E-state index contributed by atoms with van der Waals surface area (Å²) in [6.07, 6.45) is 5.82. The number of hydrogen-bond acceptors (Lipinski definition) is 8. The summed E-state index contributed by atoms with van der Waals surface area (Å²) in [6.45, 7) is 1.94. The summed E-state index contributed by atoms with van der Waals surface area (Å²) in [5, 5.41) is 11.0. The second kappa shape index (κ2) is 6.34. The van der Waals surface area contributed by atoms with Gasteiger partial charge in [0.2, 0.25) is 5.95 Å². The zero-order chi connectivity index (χ0) is 16.2. The monoisotopic (exact) mass is 313 g/mol. The Labute approximate surface area is 131 Å². The Morgan fingerprint density at radius 3 is 2.09 bits per heavy atom. The number of aromatic carboxylic acids is 1. The van der Waals surface area contributed by atoms with Gasteiger partial charge in [-0.2, -0.15) is 0 Å². The topological polar surface area (TPSA) is 115 Å². The predicted molar refractivity (Wildman–Crippen MR) is 76.5 cm³/mol. The van der Waals surface area contributed by atoms with Crippen molar-refractivity contribution in [3.63, 3.8) is 0 Å². The van der Waals surface area contributed by atoms with Gasteiger partial charge in [0.1, 0.15) is 5.69 Å². The zero-order valence-corrected chi connectivity index (χ0v) is 12.1. The molecule has 3 heterocycles. The number of aromatic nitrogens is 4. The normalized spacial score (nSPS) is 14.6. The molecule has 118 valence electrons. The molecule has 0 unspecified atom stereocenters. The molecule has 0 spiro atoms. The molecule has 3 rings (SSSR count). The number of rotatable bonds is 3. The van der Waals surface area contributed by atoms with Crippen LogP contribution in [-0.2, 0) is 0 Å². The maximum Gasteiger partial charge on any atom is 0.274 e. The van der Waals surface area contributed by atoms with Gasteiger partial charge in [-0.05, 0) is 6.07 Å². The second-order valence-electron chi connectivity index (χ2n) is 4.87. The van der Waals surface area contributed by atoms with Crippen LogP contribution in [0.2, 0.25) is 0 Å². The molecule has 2 aromatic rings. The molecule has 0 aromatic carbocycles. The van der Waals surface area contributed by atoms with Crippen LogP contribution in [0.15, 0.2) is 30.9 Å². The number of amides is 1. The lowest BCUT2D eigenvalue weighted by molar-refractivity contribution is -0.255. The van der Waals surface area contributed by atoms with Gasteiger partial charge in [0, 0.05) is 51.0 Å². The predicted octanol–water partition coefficient (Wildman–Crippen LogP) is -1.41. The second-order valence-corrected chi connectivity index (χ2v) is 4.87. The standard InChI is InChI=1S/C14H14N6O3/c21-12(10-11(13(22)23)16-5-4-15-10)19-6-8-20(9-7-19)14-17-2-1-3-18-14/h1-5H,6-9H2,(H,22,23)/p-1. The van der Waals surface area contributed by atoms with Crippen molar-refractivity contribution in [2.75, 3.05) is 31.1 Å². The molecular formula is C14H13N6O3-. The van der Waals surface area contributed by atoms with Gasteiger partial charge < -0.3 is 19.7 Å². The van der Waals surface area contributed by atoms with Gasteiger partial charge >= 0.3 is 0 Å². The third-order valence-electron chi connectivity index (χ3n) is 3.50. The smallest absolute Gasteiger partial charge is 0.274 e. The van der Waals surface area contributed by atoms with Gasteiger partial charge in [-0.15, -0.1) is 0 Å². The average molecular weight is 313 g/mol. The number of carbonyl (C=O) groups excluding carboxylic acids is 2. The summed E-state index contributed by atoms with van der Waals surface area (Å²) in [4.78, 5) is 42.8. The summed E-state index contributed by atoms with van der Waals surface area (Å²) in [5.74, 6) is -1.38. The van der Waals surface area contributed by atoms with E-state index >= 15 is 0 Å².